The number of benzene rings is 1. The number of carbonyl (C=O) groups is 1. The average Bonchev–Trinajstić information content (AvgIpc) is 2.83. The third-order valence-corrected chi connectivity index (χ3v) is 3.74. The van der Waals surface area contributed by atoms with Gasteiger partial charge in [-0.1, -0.05) is 18.2 Å². The van der Waals surface area contributed by atoms with E-state index in [9.17, 15) is 18.0 Å². The smallest absolute Gasteiger partial charge is 0.297 e. The van der Waals surface area contributed by atoms with Gasteiger partial charge in [-0.2, -0.15) is 13.2 Å². The van der Waals surface area contributed by atoms with E-state index in [0.717, 1.165) is 6.07 Å². The molecule has 23 heavy (non-hydrogen) atoms. The molecule has 3 rings (SSSR count). The Hall–Kier alpha value is -2.63. The number of ketones is 1. The molecule has 2 heterocycles. The zero-order valence-corrected chi connectivity index (χ0v) is 12.5. The monoisotopic (exact) mass is 318 g/mol. The van der Waals surface area contributed by atoms with E-state index in [2.05, 4.69) is 4.98 Å². The van der Waals surface area contributed by atoms with Gasteiger partial charge in [0.05, 0.1) is 16.8 Å². The lowest BCUT2D eigenvalue weighted by atomic mass is 9.97. The molecule has 3 nitrogen and oxygen atoms in total. The van der Waals surface area contributed by atoms with Gasteiger partial charge in [0.15, 0.2) is 5.82 Å². The Bertz CT molecular complexity index is 910. The van der Waals surface area contributed by atoms with Gasteiger partial charge in [-0.3, -0.25) is 9.20 Å². The van der Waals surface area contributed by atoms with Gasteiger partial charge in [0.1, 0.15) is 0 Å². The molecule has 2 aromatic heterocycles. The zero-order valence-electron chi connectivity index (χ0n) is 12.5. The number of nitrogens with zero attached hydrogens (tertiary/aromatic N) is 2. The molecule has 0 radical (unpaired) electrons. The number of carbonyl (C=O) groups excluding carboxylic acids is 1. The van der Waals surface area contributed by atoms with Gasteiger partial charge >= 0.3 is 6.18 Å². The fraction of sp³-hybridized carbons (Fsp3) is 0.176. The molecule has 0 saturated heterocycles. The number of aromatic nitrogens is 2. The van der Waals surface area contributed by atoms with Gasteiger partial charge in [0, 0.05) is 11.8 Å². The van der Waals surface area contributed by atoms with E-state index in [4.69, 9.17) is 0 Å². The molecule has 0 bridgehead atoms. The van der Waals surface area contributed by atoms with Crippen molar-refractivity contribution in [3.05, 3.63) is 70.8 Å². The summed E-state index contributed by atoms with van der Waals surface area (Å²) in [6.07, 6.45) is -2.98. The fourth-order valence-corrected chi connectivity index (χ4v) is 2.67. The van der Waals surface area contributed by atoms with Crippen molar-refractivity contribution in [2.45, 2.75) is 20.0 Å². The highest BCUT2D eigenvalue weighted by Gasteiger charge is 2.36. The standard InChI is InChI=1S/C17H13F3N2O/c1-10-6-5-7-12(17(18,19)20)14(10)15(23)16-21-11(2)13-8-3-4-9-22(13)16/h3-9H,1-2H3. The average molecular weight is 318 g/mol. The summed E-state index contributed by atoms with van der Waals surface area (Å²) in [6, 6.07) is 8.96. The third kappa shape index (κ3) is 2.50. The molecular weight excluding hydrogens is 305 g/mol. The molecule has 0 amide bonds. The van der Waals surface area contributed by atoms with E-state index < -0.39 is 17.5 Å². The summed E-state index contributed by atoms with van der Waals surface area (Å²) < 4.78 is 41.3. The molecular formula is C17H13F3N2O. The van der Waals surface area contributed by atoms with Crippen LogP contribution in [0.15, 0.2) is 42.6 Å². The first-order valence-corrected chi connectivity index (χ1v) is 6.96. The van der Waals surface area contributed by atoms with Crippen LogP contribution in [0.5, 0.6) is 0 Å². The van der Waals surface area contributed by atoms with Crippen molar-refractivity contribution in [1.29, 1.82) is 0 Å². The molecule has 0 spiro atoms. The highest BCUT2D eigenvalue weighted by atomic mass is 19.4. The number of pyridine rings is 1. The Morgan fingerprint density at radius 1 is 1.09 bits per heavy atom. The summed E-state index contributed by atoms with van der Waals surface area (Å²) >= 11 is 0. The minimum Gasteiger partial charge on any atom is -0.297 e. The zero-order chi connectivity index (χ0) is 16.8. The third-order valence-electron chi connectivity index (χ3n) is 3.74. The van der Waals surface area contributed by atoms with Crippen LogP contribution in [0.4, 0.5) is 13.2 Å². The molecule has 3 aromatic rings. The summed E-state index contributed by atoms with van der Waals surface area (Å²) in [5.74, 6) is -0.748. The number of halogens is 3. The Morgan fingerprint density at radius 3 is 2.52 bits per heavy atom. The molecule has 0 saturated carbocycles. The number of fused-ring (bicyclic) bond motifs is 1. The molecule has 0 aliphatic heterocycles. The van der Waals surface area contributed by atoms with Crippen LogP contribution < -0.4 is 0 Å². The number of hydrogen-bond donors (Lipinski definition) is 0. The Morgan fingerprint density at radius 2 is 1.83 bits per heavy atom. The highest BCUT2D eigenvalue weighted by Crippen LogP contribution is 2.34. The SMILES string of the molecule is Cc1cccc(C(F)(F)F)c1C(=O)c1nc(C)c2ccccn12. The number of imidazole rings is 1. The lowest BCUT2D eigenvalue weighted by Crippen LogP contribution is -2.17. The van der Waals surface area contributed by atoms with Crippen molar-refractivity contribution < 1.29 is 18.0 Å². The van der Waals surface area contributed by atoms with Crippen LogP contribution in [0, 0.1) is 13.8 Å². The summed E-state index contributed by atoms with van der Waals surface area (Å²) in [6.45, 7) is 3.21. The van der Waals surface area contributed by atoms with Gasteiger partial charge in [-0.05, 0) is 37.6 Å². The molecule has 0 atom stereocenters. The molecule has 0 aliphatic rings. The normalized spacial score (nSPS) is 11.9. The van der Waals surface area contributed by atoms with Crippen molar-refractivity contribution in [3.63, 3.8) is 0 Å². The van der Waals surface area contributed by atoms with E-state index in [1.807, 2.05) is 0 Å². The Balaban J connectivity index is 2.25. The van der Waals surface area contributed by atoms with Crippen LogP contribution in [0.25, 0.3) is 5.52 Å². The van der Waals surface area contributed by atoms with Gasteiger partial charge in [-0.15, -0.1) is 0 Å². The summed E-state index contributed by atoms with van der Waals surface area (Å²) in [5.41, 5.74) is 0.271. The minimum absolute atomic E-state index is 0.0158. The molecule has 0 N–H and O–H groups in total. The van der Waals surface area contributed by atoms with Crippen LogP contribution in [-0.4, -0.2) is 15.2 Å². The molecule has 118 valence electrons. The first kappa shape index (κ1) is 15.3. The largest absolute Gasteiger partial charge is 0.417 e. The summed E-state index contributed by atoms with van der Waals surface area (Å²) in [7, 11) is 0. The van der Waals surface area contributed by atoms with Crippen LogP contribution in [0.1, 0.15) is 33.0 Å². The first-order valence-electron chi connectivity index (χ1n) is 6.96. The van der Waals surface area contributed by atoms with E-state index in [0.29, 0.717) is 11.2 Å². The van der Waals surface area contributed by atoms with E-state index in [1.54, 1.807) is 31.3 Å². The van der Waals surface area contributed by atoms with Gasteiger partial charge < -0.3 is 0 Å². The van der Waals surface area contributed by atoms with Crippen LogP contribution in [-0.2, 0) is 6.18 Å². The summed E-state index contributed by atoms with van der Waals surface area (Å²) in [5, 5.41) is 0. The molecule has 6 heteroatoms. The second kappa shape index (κ2) is 5.22. The lowest BCUT2D eigenvalue weighted by Gasteiger charge is -2.13. The van der Waals surface area contributed by atoms with Crippen LogP contribution >= 0.6 is 0 Å². The van der Waals surface area contributed by atoms with Crippen molar-refractivity contribution in [3.8, 4) is 0 Å². The topological polar surface area (TPSA) is 34.4 Å². The number of aryl methyl sites for hydroxylation is 2. The second-order valence-electron chi connectivity index (χ2n) is 5.30. The van der Waals surface area contributed by atoms with Crippen molar-refractivity contribution >= 4 is 11.3 Å². The maximum atomic E-state index is 13.2. The van der Waals surface area contributed by atoms with Crippen LogP contribution in [0.3, 0.4) is 0 Å². The van der Waals surface area contributed by atoms with Gasteiger partial charge in [-0.25, -0.2) is 4.98 Å². The molecule has 0 fully saturated rings. The van der Waals surface area contributed by atoms with E-state index in [-0.39, 0.29) is 17.0 Å². The van der Waals surface area contributed by atoms with E-state index in [1.165, 1.54) is 23.5 Å². The minimum atomic E-state index is -4.60. The van der Waals surface area contributed by atoms with Gasteiger partial charge in [0.2, 0.25) is 5.78 Å². The van der Waals surface area contributed by atoms with Crippen LogP contribution in [0.2, 0.25) is 0 Å². The predicted molar refractivity (Wildman–Crippen MR) is 79.5 cm³/mol. The number of rotatable bonds is 2. The van der Waals surface area contributed by atoms with E-state index >= 15 is 0 Å². The van der Waals surface area contributed by atoms with Crippen molar-refractivity contribution in [1.82, 2.24) is 9.38 Å². The van der Waals surface area contributed by atoms with Gasteiger partial charge in [0.25, 0.3) is 0 Å². The summed E-state index contributed by atoms with van der Waals surface area (Å²) in [4.78, 5) is 17.0. The van der Waals surface area contributed by atoms with Crippen molar-refractivity contribution in [2.75, 3.05) is 0 Å². The number of alkyl halides is 3. The number of hydrogen-bond acceptors (Lipinski definition) is 2. The first-order chi connectivity index (χ1) is 10.8. The second-order valence-corrected chi connectivity index (χ2v) is 5.30. The predicted octanol–water partition coefficient (Wildman–Crippen LogP) is 4.20. The van der Waals surface area contributed by atoms with Crippen molar-refractivity contribution in [2.24, 2.45) is 0 Å². The lowest BCUT2D eigenvalue weighted by molar-refractivity contribution is -0.137. The Labute approximate surface area is 130 Å². The quantitative estimate of drug-likeness (QED) is 0.664. The maximum Gasteiger partial charge on any atom is 0.417 e. The fourth-order valence-electron chi connectivity index (χ4n) is 2.67. The highest BCUT2D eigenvalue weighted by molar-refractivity contribution is 6.09. The molecule has 0 unspecified atom stereocenters. The molecule has 0 aliphatic carbocycles. The Kier molecular flexibility index (Phi) is 3.47. The molecule has 1 aromatic carbocycles. The maximum absolute atomic E-state index is 13.2.